The molecule has 0 saturated carbocycles. The molecule has 0 amide bonds. The number of hydrogen-bond acceptors (Lipinski definition) is 3. The number of alkyl halides is 3. The van der Waals surface area contributed by atoms with Crippen molar-refractivity contribution in [1.29, 1.82) is 0 Å². The van der Waals surface area contributed by atoms with Gasteiger partial charge in [-0.25, -0.2) is 0 Å². The molecule has 0 saturated heterocycles. The number of benzene rings is 1. The molecule has 1 aromatic heterocycles. The number of aromatic nitrogens is 1. The summed E-state index contributed by atoms with van der Waals surface area (Å²) in [7, 11) is 0. The molecule has 0 fully saturated rings. The normalized spacial score (nSPS) is 12.2. The third-order valence-electron chi connectivity index (χ3n) is 2.02. The first-order chi connectivity index (χ1) is 8.53. The molecule has 2 rings (SSSR count). The van der Waals surface area contributed by atoms with Crippen molar-refractivity contribution in [3.63, 3.8) is 0 Å². The molecule has 2 nitrogen and oxygen atoms in total. The van der Waals surface area contributed by atoms with Crippen molar-refractivity contribution in [2.75, 3.05) is 0 Å². The van der Waals surface area contributed by atoms with Gasteiger partial charge in [-0.05, 0) is 35.5 Å². The van der Waals surface area contributed by atoms with E-state index in [9.17, 15) is 13.2 Å². The second-order valence-corrected chi connectivity index (χ2v) is 4.51. The zero-order valence-corrected chi connectivity index (χ0v) is 9.83. The molecule has 0 radical (unpaired) electrons. The van der Waals surface area contributed by atoms with Gasteiger partial charge in [-0.15, -0.1) is 0 Å². The van der Waals surface area contributed by atoms with Gasteiger partial charge in [-0.2, -0.15) is 13.2 Å². The van der Waals surface area contributed by atoms with E-state index in [0.29, 0.717) is 5.69 Å². The van der Waals surface area contributed by atoms with Crippen LogP contribution in [0.25, 0.3) is 12.2 Å². The standard InChI is InChI=1S/C12H8F3NOS/c13-12(14,15)18-11-5-2-9(3-6-11)1-4-10-7-8-17-16-10/h1-8H/b4-1-. The van der Waals surface area contributed by atoms with E-state index >= 15 is 0 Å². The first-order valence-corrected chi connectivity index (χ1v) is 5.79. The zero-order chi connectivity index (χ0) is 13.0. The Morgan fingerprint density at radius 2 is 1.78 bits per heavy atom. The Bertz CT molecular complexity index is 517. The molecule has 18 heavy (non-hydrogen) atoms. The average Bonchev–Trinajstić information content (AvgIpc) is 2.79. The molecule has 0 N–H and O–H groups in total. The van der Waals surface area contributed by atoms with E-state index in [1.54, 1.807) is 30.4 Å². The maximum atomic E-state index is 12.1. The maximum Gasteiger partial charge on any atom is 0.446 e. The van der Waals surface area contributed by atoms with Crippen molar-refractivity contribution in [3.8, 4) is 0 Å². The molecule has 1 aromatic carbocycles. The Kier molecular flexibility index (Phi) is 3.76. The molecule has 0 aliphatic carbocycles. The van der Waals surface area contributed by atoms with Gasteiger partial charge >= 0.3 is 5.51 Å². The second-order valence-electron chi connectivity index (χ2n) is 3.37. The number of halogens is 3. The quantitative estimate of drug-likeness (QED) is 0.771. The first-order valence-electron chi connectivity index (χ1n) is 4.97. The summed E-state index contributed by atoms with van der Waals surface area (Å²) in [6.45, 7) is 0. The van der Waals surface area contributed by atoms with Crippen molar-refractivity contribution >= 4 is 23.9 Å². The van der Waals surface area contributed by atoms with Crippen molar-refractivity contribution in [2.45, 2.75) is 10.4 Å². The van der Waals surface area contributed by atoms with Crippen LogP contribution in [0.5, 0.6) is 0 Å². The zero-order valence-electron chi connectivity index (χ0n) is 9.02. The Labute approximate surface area is 105 Å². The van der Waals surface area contributed by atoms with Gasteiger partial charge < -0.3 is 4.52 Å². The van der Waals surface area contributed by atoms with Crippen LogP contribution < -0.4 is 0 Å². The number of hydrogen-bond donors (Lipinski definition) is 0. The van der Waals surface area contributed by atoms with Crippen LogP contribution in [-0.4, -0.2) is 10.7 Å². The summed E-state index contributed by atoms with van der Waals surface area (Å²) in [5.74, 6) is 0. The van der Waals surface area contributed by atoms with E-state index in [0.717, 1.165) is 5.56 Å². The second kappa shape index (κ2) is 5.30. The predicted molar refractivity (Wildman–Crippen MR) is 63.8 cm³/mol. The Hall–Kier alpha value is -1.69. The van der Waals surface area contributed by atoms with Gasteiger partial charge in [-0.3, -0.25) is 0 Å². The minimum absolute atomic E-state index is 0.126. The minimum Gasteiger partial charge on any atom is -0.364 e. The molecule has 0 aliphatic heterocycles. The highest BCUT2D eigenvalue weighted by Gasteiger charge is 2.28. The van der Waals surface area contributed by atoms with Gasteiger partial charge in [0.15, 0.2) is 0 Å². The van der Waals surface area contributed by atoms with Gasteiger partial charge in [0.1, 0.15) is 12.0 Å². The van der Waals surface area contributed by atoms with E-state index in [2.05, 4.69) is 9.68 Å². The van der Waals surface area contributed by atoms with Crippen molar-refractivity contribution < 1.29 is 17.7 Å². The van der Waals surface area contributed by atoms with Crippen LogP contribution in [0.15, 0.2) is 46.0 Å². The van der Waals surface area contributed by atoms with Gasteiger partial charge in [0.2, 0.25) is 0 Å². The van der Waals surface area contributed by atoms with E-state index < -0.39 is 5.51 Å². The van der Waals surface area contributed by atoms with Crippen LogP contribution in [0, 0.1) is 0 Å². The van der Waals surface area contributed by atoms with E-state index in [1.807, 2.05) is 0 Å². The summed E-state index contributed by atoms with van der Waals surface area (Å²) in [6, 6.07) is 7.78. The molecule has 1 heterocycles. The van der Waals surface area contributed by atoms with Crippen LogP contribution >= 0.6 is 11.8 Å². The van der Waals surface area contributed by atoms with Crippen LogP contribution in [0.3, 0.4) is 0 Å². The van der Waals surface area contributed by atoms with Crippen LogP contribution in [0.4, 0.5) is 13.2 Å². The van der Waals surface area contributed by atoms with Gasteiger partial charge in [0.25, 0.3) is 0 Å². The van der Waals surface area contributed by atoms with Gasteiger partial charge in [0, 0.05) is 11.0 Å². The lowest BCUT2D eigenvalue weighted by atomic mass is 10.2. The lowest BCUT2D eigenvalue weighted by Gasteiger charge is -2.05. The van der Waals surface area contributed by atoms with Crippen LogP contribution in [0.1, 0.15) is 11.3 Å². The van der Waals surface area contributed by atoms with Gasteiger partial charge in [-0.1, -0.05) is 23.4 Å². The van der Waals surface area contributed by atoms with E-state index in [4.69, 9.17) is 0 Å². The topological polar surface area (TPSA) is 26.0 Å². The molecule has 0 spiro atoms. The smallest absolute Gasteiger partial charge is 0.364 e. The molecule has 2 aromatic rings. The number of thioether (sulfide) groups is 1. The average molecular weight is 271 g/mol. The third kappa shape index (κ3) is 3.96. The van der Waals surface area contributed by atoms with Crippen LogP contribution in [0.2, 0.25) is 0 Å². The Balaban J connectivity index is 2.04. The lowest BCUT2D eigenvalue weighted by molar-refractivity contribution is -0.0328. The fourth-order valence-electron chi connectivity index (χ4n) is 1.27. The lowest BCUT2D eigenvalue weighted by Crippen LogP contribution is -1.98. The highest BCUT2D eigenvalue weighted by atomic mass is 32.2. The number of rotatable bonds is 3. The highest BCUT2D eigenvalue weighted by Crippen LogP contribution is 2.36. The van der Waals surface area contributed by atoms with E-state index in [-0.39, 0.29) is 16.7 Å². The fourth-order valence-corrected chi connectivity index (χ4v) is 1.81. The third-order valence-corrected chi connectivity index (χ3v) is 2.76. The molecular formula is C12H8F3NOS. The highest BCUT2D eigenvalue weighted by molar-refractivity contribution is 8.00. The summed E-state index contributed by atoms with van der Waals surface area (Å²) in [5, 5.41) is 3.68. The molecule has 0 aliphatic rings. The largest absolute Gasteiger partial charge is 0.446 e. The Morgan fingerprint density at radius 1 is 1.06 bits per heavy atom. The van der Waals surface area contributed by atoms with Crippen molar-refractivity contribution in [3.05, 3.63) is 47.9 Å². The summed E-state index contributed by atoms with van der Waals surface area (Å²) in [4.78, 5) is 0.168. The summed E-state index contributed by atoms with van der Waals surface area (Å²) >= 11 is -0.126. The first kappa shape index (κ1) is 12.8. The van der Waals surface area contributed by atoms with Crippen LogP contribution in [-0.2, 0) is 0 Å². The summed E-state index contributed by atoms with van der Waals surface area (Å²) < 4.78 is 41.0. The molecular weight excluding hydrogens is 263 g/mol. The maximum absolute atomic E-state index is 12.1. The molecule has 0 bridgehead atoms. The summed E-state index contributed by atoms with van der Waals surface area (Å²) in [5.41, 5.74) is -2.80. The molecule has 0 atom stereocenters. The van der Waals surface area contributed by atoms with Crippen molar-refractivity contribution in [2.24, 2.45) is 0 Å². The summed E-state index contributed by atoms with van der Waals surface area (Å²) in [6.07, 6.45) is 4.91. The monoisotopic (exact) mass is 271 g/mol. The number of nitrogens with zero attached hydrogens (tertiary/aromatic N) is 1. The fraction of sp³-hybridized carbons (Fsp3) is 0.0833. The van der Waals surface area contributed by atoms with Crippen molar-refractivity contribution in [1.82, 2.24) is 5.16 Å². The minimum atomic E-state index is -4.25. The van der Waals surface area contributed by atoms with E-state index in [1.165, 1.54) is 18.4 Å². The Morgan fingerprint density at radius 3 is 2.33 bits per heavy atom. The molecule has 94 valence electrons. The van der Waals surface area contributed by atoms with Gasteiger partial charge in [0.05, 0.1) is 0 Å². The predicted octanol–water partition coefficient (Wildman–Crippen LogP) is 4.46. The molecule has 0 unspecified atom stereocenters. The molecule has 6 heteroatoms. The SMILES string of the molecule is FC(F)(F)Sc1ccc(/C=C\c2ccon2)cc1.